The summed E-state index contributed by atoms with van der Waals surface area (Å²) < 4.78 is 19.0. The molecule has 1 aromatic carbocycles. The van der Waals surface area contributed by atoms with E-state index in [9.17, 15) is 14.5 Å². The monoisotopic (exact) mass is 296 g/mol. The number of nitro benzene ring substituents is 1. The van der Waals surface area contributed by atoms with Gasteiger partial charge in [-0.05, 0) is 24.5 Å². The van der Waals surface area contributed by atoms with Crippen molar-refractivity contribution in [2.24, 2.45) is 0 Å². The van der Waals surface area contributed by atoms with E-state index in [1.54, 1.807) is 0 Å². The number of benzene rings is 1. The summed E-state index contributed by atoms with van der Waals surface area (Å²) in [5, 5.41) is 13.8. The molecular weight excluding hydrogens is 275 g/mol. The van der Waals surface area contributed by atoms with Crippen LogP contribution in [0.15, 0.2) is 18.2 Å². The Morgan fingerprint density at radius 3 is 2.76 bits per heavy atom. The maximum Gasteiger partial charge on any atom is 0.272 e. The third kappa shape index (κ3) is 5.40. The lowest BCUT2D eigenvalue weighted by Gasteiger charge is -2.22. The number of rotatable bonds is 7. The number of nitrogens with one attached hydrogen (secondary N) is 1. The quantitative estimate of drug-likeness (QED) is 0.477. The van der Waals surface area contributed by atoms with Crippen molar-refractivity contribution in [1.29, 1.82) is 0 Å². The van der Waals surface area contributed by atoms with Crippen molar-refractivity contribution in [3.63, 3.8) is 0 Å². The fraction of sp³-hybridized carbons (Fsp3) is 0.600. The van der Waals surface area contributed by atoms with Crippen LogP contribution in [0.4, 0.5) is 10.1 Å². The van der Waals surface area contributed by atoms with Crippen LogP contribution in [0.5, 0.6) is 0 Å². The minimum Gasteiger partial charge on any atom is -0.377 e. The van der Waals surface area contributed by atoms with Gasteiger partial charge in [-0.3, -0.25) is 10.1 Å². The smallest absolute Gasteiger partial charge is 0.272 e. The SMILES string of the molecule is O=[N+]([O-])c1cc(F)cc(CNCCOC2CCCCC2)c1. The number of hydrogen-bond acceptors (Lipinski definition) is 4. The van der Waals surface area contributed by atoms with E-state index in [1.807, 2.05) is 0 Å². The van der Waals surface area contributed by atoms with Gasteiger partial charge in [-0.1, -0.05) is 19.3 Å². The molecule has 0 radical (unpaired) electrons. The van der Waals surface area contributed by atoms with Crippen molar-refractivity contribution in [2.75, 3.05) is 13.2 Å². The van der Waals surface area contributed by atoms with E-state index in [0.29, 0.717) is 31.4 Å². The van der Waals surface area contributed by atoms with Crippen LogP contribution in [0.1, 0.15) is 37.7 Å². The van der Waals surface area contributed by atoms with Crippen LogP contribution in [0.3, 0.4) is 0 Å². The minimum atomic E-state index is -0.585. The summed E-state index contributed by atoms with van der Waals surface area (Å²) in [4.78, 5) is 10.1. The molecule has 5 nitrogen and oxygen atoms in total. The predicted octanol–water partition coefficient (Wildman–Crippen LogP) is 3.17. The van der Waals surface area contributed by atoms with Gasteiger partial charge in [0.15, 0.2) is 0 Å². The Hall–Kier alpha value is -1.53. The molecule has 0 aliphatic heterocycles. The lowest BCUT2D eigenvalue weighted by atomic mass is 9.98. The molecule has 0 heterocycles. The summed E-state index contributed by atoms with van der Waals surface area (Å²) in [5.74, 6) is -0.584. The molecule has 2 rings (SSSR count). The molecule has 116 valence electrons. The van der Waals surface area contributed by atoms with Crippen LogP contribution in [0.25, 0.3) is 0 Å². The Balaban J connectivity index is 1.69. The Kier molecular flexibility index (Phi) is 6.07. The van der Waals surface area contributed by atoms with Crippen LogP contribution in [0, 0.1) is 15.9 Å². The van der Waals surface area contributed by atoms with Crippen LogP contribution < -0.4 is 5.32 Å². The molecule has 0 unspecified atom stereocenters. The fourth-order valence-electron chi connectivity index (χ4n) is 2.60. The molecule has 0 saturated heterocycles. The van der Waals surface area contributed by atoms with Crippen LogP contribution >= 0.6 is 0 Å². The van der Waals surface area contributed by atoms with Gasteiger partial charge in [0.2, 0.25) is 0 Å². The third-order valence-electron chi connectivity index (χ3n) is 3.67. The zero-order chi connectivity index (χ0) is 15.1. The standard InChI is InChI=1S/C15H21FN2O3/c16-13-8-12(9-14(10-13)18(19)20)11-17-6-7-21-15-4-2-1-3-5-15/h8-10,15,17H,1-7,11H2. The molecule has 1 aliphatic carbocycles. The first kappa shape index (κ1) is 15.9. The van der Waals surface area contributed by atoms with Crippen molar-refractivity contribution in [3.8, 4) is 0 Å². The van der Waals surface area contributed by atoms with Crippen molar-refractivity contribution < 1.29 is 14.1 Å². The molecule has 1 fully saturated rings. The zero-order valence-electron chi connectivity index (χ0n) is 12.0. The average molecular weight is 296 g/mol. The third-order valence-corrected chi connectivity index (χ3v) is 3.67. The van der Waals surface area contributed by atoms with Crippen molar-refractivity contribution in [3.05, 3.63) is 39.7 Å². The molecular formula is C15H21FN2O3. The number of hydrogen-bond donors (Lipinski definition) is 1. The van der Waals surface area contributed by atoms with E-state index in [2.05, 4.69) is 5.32 Å². The second-order valence-corrected chi connectivity index (χ2v) is 5.38. The molecule has 6 heteroatoms. The number of ether oxygens (including phenoxy) is 1. The second-order valence-electron chi connectivity index (χ2n) is 5.38. The highest BCUT2D eigenvalue weighted by molar-refractivity contribution is 5.35. The van der Waals surface area contributed by atoms with Crippen LogP contribution in [-0.4, -0.2) is 24.2 Å². The molecule has 0 amide bonds. The zero-order valence-corrected chi connectivity index (χ0v) is 12.0. The van der Waals surface area contributed by atoms with Crippen molar-refractivity contribution in [1.82, 2.24) is 5.32 Å². The summed E-state index contributed by atoms with van der Waals surface area (Å²) in [6.07, 6.45) is 6.43. The first-order valence-corrected chi connectivity index (χ1v) is 7.41. The molecule has 0 aromatic heterocycles. The van der Waals surface area contributed by atoms with Gasteiger partial charge in [0, 0.05) is 19.2 Å². The van der Waals surface area contributed by atoms with Gasteiger partial charge in [-0.25, -0.2) is 4.39 Å². The number of nitro groups is 1. The highest BCUT2D eigenvalue weighted by Crippen LogP contribution is 2.20. The number of halogens is 1. The molecule has 0 spiro atoms. The number of nitrogens with zero attached hydrogens (tertiary/aromatic N) is 1. The van der Waals surface area contributed by atoms with E-state index >= 15 is 0 Å². The number of non-ortho nitro benzene ring substituents is 1. The largest absolute Gasteiger partial charge is 0.377 e. The highest BCUT2D eigenvalue weighted by atomic mass is 19.1. The Morgan fingerprint density at radius 2 is 2.05 bits per heavy atom. The molecule has 1 saturated carbocycles. The molecule has 1 aromatic rings. The van der Waals surface area contributed by atoms with Crippen molar-refractivity contribution in [2.45, 2.75) is 44.8 Å². The summed E-state index contributed by atoms with van der Waals surface area (Å²) in [6, 6.07) is 3.62. The average Bonchev–Trinajstić information content (AvgIpc) is 2.47. The minimum absolute atomic E-state index is 0.217. The van der Waals surface area contributed by atoms with E-state index in [4.69, 9.17) is 4.74 Å². The van der Waals surface area contributed by atoms with Gasteiger partial charge in [0.05, 0.1) is 23.7 Å². The summed E-state index contributed by atoms with van der Waals surface area (Å²) in [6.45, 7) is 1.66. The van der Waals surface area contributed by atoms with Gasteiger partial charge in [-0.15, -0.1) is 0 Å². The molecule has 0 bridgehead atoms. The Morgan fingerprint density at radius 1 is 1.29 bits per heavy atom. The fourth-order valence-corrected chi connectivity index (χ4v) is 2.60. The predicted molar refractivity (Wildman–Crippen MR) is 77.6 cm³/mol. The van der Waals surface area contributed by atoms with E-state index < -0.39 is 10.7 Å². The van der Waals surface area contributed by atoms with Gasteiger partial charge < -0.3 is 10.1 Å². The summed E-state index contributed by atoms with van der Waals surface area (Å²) in [7, 11) is 0. The molecule has 0 atom stereocenters. The maximum absolute atomic E-state index is 13.2. The Labute approximate surface area is 123 Å². The highest BCUT2D eigenvalue weighted by Gasteiger charge is 2.13. The first-order valence-electron chi connectivity index (χ1n) is 7.41. The molecule has 1 N–H and O–H groups in total. The van der Waals surface area contributed by atoms with Gasteiger partial charge in [0.1, 0.15) is 5.82 Å². The van der Waals surface area contributed by atoms with Gasteiger partial charge >= 0.3 is 0 Å². The second kappa shape index (κ2) is 8.05. The van der Waals surface area contributed by atoms with Crippen LogP contribution in [0.2, 0.25) is 0 Å². The Bertz CT molecular complexity index is 476. The van der Waals surface area contributed by atoms with E-state index in [1.165, 1.54) is 31.4 Å². The molecule has 21 heavy (non-hydrogen) atoms. The molecule has 1 aliphatic rings. The van der Waals surface area contributed by atoms with E-state index in [0.717, 1.165) is 18.9 Å². The lowest BCUT2D eigenvalue weighted by Crippen LogP contribution is -2.24. The topological polar surface area (TPSA) is 64.4 Å². The maximum atomic E-state index is 13.2. The van der Waals surface area contributed by atoms with Crippen LogP contribution in [-0.2, 0) is 11.3 Å². The first-order chi connectivity index (χ1) is 10.1. The van der Waals surface area contributed by atoms with Crippen molar-refractivity contribution >= 4 is 5.69 Å². The van der Waals surface area contributed by atoms with E-state index in [-0.39, 0.29) is 5.69 Å². The summed E-state index contributed by atoms with van der Waals surface area (Å²) >= 11 is 0. The lowest BCUT2D eigenvalue weighted by molar-refractivity contribution is -0.385. The van der Waals surface area contributed by atoms with Gasteiger partial charge in [0.25, 0.3) is 5.69 Å². The normalized spacial score (nSPS) is 16.0. The van der Waals surface area contributed by atoms with Gasteiger partial charge in [-0.2, -0.15) is 0 Å². The summed E-state index contributed by atoms with van der Waals surface area (Å²) in [5.41, 5.74) is 0.352.